The Hall–Kier alpha value is -3.57. The van der Waals surface area contributed by atoms with Gasteiger partial charge < -0.3 is 23.7 Å². The third-order valence-corrected chi connectivity index (χ3v) is 13.1. The Morgan fingerprint density at radius 3 is 1.78 bits per heavy atom. The molecule has 0 radical (unpaired) electrons. The minimum atomic E-state index is -4.11. The van der Waals surface area contributed by atoms with Crippen LogP contribution in [0.25, 0.3) is 0 Å². The van der Waals surface area contributed by atoms with Crippen LogP contribution in [0, 0.1) is 10.8 Å². The van der Waals surface area contributed by atoms with Crippen molar-refractivity contribution < 1.29 is 41.7 Å². The van der Waals surface area contributed by atoms with E-state index < -0.39 is 74.0 Å². The molecule has 4 aliphatic rings. The molecule has 0 aromatic heterocycles. The van der Waals surface area contributed by atoms with Crippen molar-refractivity contribution in [3.05, 3.63) is 102 Å². The van der Waals surface area contributed by atoms with E-state index in [0.717, 1.165) is 11.1 Å². The molecular weight excluding hydrogens is 608 g/mol. The van der Waals surface area contributed by atoms with E-state index in [1.807, 2.05) is 81.4 Å². The van der Waals surface area contributed by atoms with E-state index in [1.54, 1.807) is 18.2 Å². The number of rotatable bonds is 10. The highest BCUT2D eigenvalue weighted by molar-refractivity contribution is 7.92. The second kappa shape index (κ2) is 11.3. The highest BCUT2D eigenvalue weighted by atomic mass is 32.2. The van der Waals surface area contributed by atoms with Crippen LogP contribution in [-0.2, 0) is 56.3 Å². The van der Waals surface area contributed by atoms with Crippen LogP contribution >= 0.6 is 0 Å². The van der Waals surface area contributed by atoms with Crippen molar-refractivity contribution in [1.82, 2.24) is 0 Å². The molecule has 3 aliphatic heterocycles. The lowest BCUT2D eigenvalue weighted by molar-refractivity contribution is -0.192. The van der Waals surface area contributed by atoms with Crippen LogP contribution in [0.4, 0.5) is 0 Å². The van der Waals surface area contributed by atoms with Gasteiger partial charge in [-0.2, -0.15) is 0 Å². The molecule has 3 aromatic carbocycles. The van der Waals surface area contributed by atoms with Gasteiger partial charge in [-0.05, 0) is 43.0 Å². The van der Waals surface area contributed by atoms with E-state index in [4.69, 9.17) is 23.7 Å². The average Bonchev–Trinajstić information content (AvgIpc) is 3.71. The van der Waals surface area contributed by atoms with Crippen LogP contribution in [0.3, 0.4) is 0 Å². The number of benzene rings is 3. The summed E-state index contributed by atoms with van der Waals surface area (Å²) in [6.07, 6.45) is -3.97. The summed E-state index contributed by atoms with van der Waals surface area (Å²) in [4.78, 5) is 27.3. The maximum atomic E-state index is 14.4. The van der Waals surface area contributed by atoms with Crippen LogP contribution in [0.5, 0.6) is 0 Å². The lowest BCUT2D eigenvalue weighted by Gasteiger charge is -2.39. The van der Waals surface area contributed by atoms with Gasteiger partial charge in [0.1, 0.15) is 29.7 Å². The molecule has 242 valence electrons. The van der Waals surface area contributed by atoms with E-state index in [1.165, 1.54) is 12.1 Å². The van der Waals surface area contributed by atoms with Crippen molar-refractivity contribution in [3.8, 4) is 0 Å². The highest BCUT2D eigenvalue weighted by Crippen LogP contribution is 2.66. The summed E-state index contributed by atoms with van der Waals surface area (Å²) in [7, 11) is -4.11. The topological polar surface area (TPSA) is 114 Å². The van der Waals surface area contributed by atoms with Crippen LogP contribution < -0.4 is 0 Å². The Labute approximate surface area is 269 Å². The fourth-order valence-corrected chi connectivity index (χ4v) is 9.69. The van der Waals surface area contributed by atoms with Gasteiger partial charge in [-0.15, -0.1) is 0 Å². The van der Waals surface area contributed by atoms with Gasteiger partial charge in [0.2, 0.25) is 5.60 Å². The van der Waals surface area contributed by atoms with Crippen LogP contribution in [0.15, 0.2) is 95.9 Å². The minimum Gasteiger partial charge on any atom is -0.455 e. The summed E-state index contributed by atoms with van der Waals surface area (Å²) in [5.41, 5.74) is -1.44. The Bertz CT molecular complexity index is 1710. The summed E-state index contributed by atoms with van der Waals surface area (Å²) in [5.74, 6) is -1.21. The van der Waals surface area contributed by atoms with Crippen LogP contribution in [-0.4, -0.2) is 61.7 Å². The molecule has 4 bridgehead atoms. The van der Waals surface area contributed by atoms with Crippen LogP contribution in [0.1, 0.15) is 44.7 Å². The lowest BCUT2D eigenvalue weighted by atomic mass is 9.66. The second-order valence-corrected chi connectivity index (χ2v) is 15.6. The number of fused-ring (bicyclic) bond motifs is 4. The number of hydrogen-bond donors (Lipinski definition) is 0. The third-order valence-electron chi connectivity index (χ3n) is 10.9. The van der Waals surface area contributed by atoms with E-state index in [0.29, 0.717) is 6.42 Å². The molecule has 8 atom stereocenters. The summed E-state index contributed by atoms with van der Waals surface area (Å²) >= 11 is 0. The molecule has 9 nitrogen and oxygen atoms in total. The molecule has 0 amide bonds. The second-order valence-electron chi connectivity index (χ2n) is 13.5. The fraction of sp³-hybridized carbons (Fsp3) is 0.444. The van der Waals surface area contributed by atoms with Crippen molar-refractivity contribution in [2.24, 2.45) is 10.8 Å². The number of esters is 2. The minimum absolute atomic E-state index is 0.0833. The normalized spacial score (nSPS) is 34.0. The average molecular weight is 647 g/mol. The Kier molecular flexibility index (Phi) is 7.62. The summed E-state index contributed by atoms with van der Waals surface area (Å²) < 4.78 is 60.1. The molecule has 10 heteroatoms. The molecule has 46 heavy (non-hydrogen) atoms. The number of hydrogen-bond acceptors (Lipinski definition) is 9. The van der Waals surface area contributed by atoms with Gasteiger partial charge in [0.05, 0.1) is 23.5 Å². The molecule has 3 saturated heterocycles. The molecule has 0 N–H and O–H groups in total. The first-order valence-corrected chi connectivity index (χ1v) is 17.2. The van der Waals surface area contributed by atoms with Gasteiger partial charge in [-0.25, -0.2) is 13.2 Å². The monoisotopic (exact) mass is 646 g/mol. The van der Waals surface area contributed by atoms with E-state index in [2.05, 4.69) is 0 Å². The van der Waals surface area contributed by atoms with Gasteiger partial charge in [-0.3, -0.25) is 4.79 Å². The predicted octanol–water partition coefficient (Wildman–Crippen LogP) is 4.81. The Balaban J connectivity index is 1.25. The number of sulfone groups is 1. The number of ether oxygens (including phenoxy) is 5. The largest absolute Gasteiger partial charge is 0.455 e. The Morgan fingerprint density at radius 1 is 0.761 bits per heavy atom. The van der Waals surface area contributed by atoms with Crippen LogP contribution in [0.2, 0.25) is 0 Å². The first kappa shape index (κ1) is 31.1. The predicted molar refractivity (Wildman–Crippen MR) is 166 cm³/mol. The smallest absolute Gasteiger partial charge is 0.351 e. The summed E-state index contributed by atoms with van der Waals surface area (Å²) in [5, 5.41) is -1.29. The molecule has 1 saturated carbocycles. The van der Waals surface area contributed by atoms with Crippen molar-refractivity contribution in [2.75, 3.05) is 0 Å². The number of carbonyl (C=O) groups is 2. The molecular formula is C36H38O9S. The zero-order valence-electron chi connectivity index (χ0n) is 26.0. The maximum Gasteiger partial charge on any atom is 0.351 e. The molecule has 7 rings (SSSR count). The van der Waals surface area contributed by atoms with Crippen molar-refractivity contribution in [3.63, 3.8) is 0 Å². The molecule has 3 aromatic rings. The standard InChI is InChI=1S/C36H38O9S/c1-34(2)35(3)19-20-36(34,45-32(35)37)33(38)44-30-28-26(41-21-23-13-7-4-8-14-23)27(42-22-24-15-9-5-10-16-24)29(43-28)31(30)46(39,40)25-17-11-6-12-18-25/h4-18,26-31H,19-22H2,1-3H3/t26-,27+,28-,29+,30-,31-,35-,36+/m0/s1. The molecule has 0 unspecified atom stereocenters. The van der Waals surface area contributed by atoms with E-state index in [-0.39, 0.29) is 24.5 Å². The van der Waals surface area contributed by atoms with Crippen molar-refractivity contribution in [2.45, 2.75) is 93.1 Å². The van der Waals surface area contributed by atoms with Crippen molar-refractivity contribution in [1.29, 1.82) is 0 Å². The zero-order valence-corrected chi connectivity index (χ0v) is 26.9. The van der Waals surface area contributed by atoms with Gasteiger partial charge in [-0.1, -0.05) is 92.7 Å². The Morgan fingerprint density at radius 2 is 1.28 bits per heavy atom. The quantitative estimate of drug-likeness (QED) is 0.286. The third kappa shape index (κ3) is 4.64. The van der Waals surface area contributed by atoms with E-state index >= 15 is 0 Å². The van der Waals surface area contributed by atoms with E-state index in [9.17, 15) is 18.0 Å². The summed E-state index contributed by atoms with van der Waals surface area (Å²) in [6.45, 7) is 5.90. The maximum absolute atomic E-state index is 14.4. The molecule has 4 fully saturated rings. The zero-order chi connectivity index (χ0) is 32.3. The van der Waals surface area contributed by atoms with Gasteiger partial charge >= 0.3 is 11.9 Å². The molecule has 0 spiro atoms. The molecule has 3 heterocycles. The first-order chi connectivity index (χ1) is 22.0. The van der Waals surface area contributed by atoms with Gasteiger partial charge in [0.15, 0.2) is 15.9 Å². The lowest BCUT2D eigenvalue weighted by Crippen LogP contribution is -2.60. The van der Waals surface area contributed by atoms with Gasteiger partial charge in [0.25, 0.3) is 0 Å². The summed E-state index contributed by atoms with van der Waals surface area (Å²) in [6, 6.07) is 27.2. The molecule has 1 aliphatic carbocycles. The van der Waals surface area contributed by atoms with Gasteiger partial charge in [0, 0.05) is 5.41 Å². The SMILES string of the molecule is CC1(C)[C@@]2(C)CC[C@]1(C(=O)O[C@H]1[C@H]3O[C@H]([C@H](OCc4ccccc4)[C@@H]3OCc3ccccc3)[C@@H]1S(=O)(=O)c1ccccc1)OC2=O. The fourth-order valence-electron chi connectivity index (χ4n) is 7.70. The highest BCUT2D eigenvalue weighted by Gasteiger charge is 2.77. The first-order valence-electron chi connectivity index (χ1n) is 15.7. The van der Waals surface area contributed by atoms with Crippen molar-refractivity contribution >= 4 is 21.8 Å². The number of carbonyl (C=O) groups excluding carboxylic acids is 2.